The van der Waals surface area contributed by atoms with Gasteiger partial charge in [-0.15, -0.1) is 10.2 Å². The number of hydrogen-bond acceptors (Lipinski definition) is 4. The van der Waals surface area contributed by atoms with Crippen molar-refractivity contribution in [3.05, 3.63) is 42.5 Å². The first-order valence-electron chi connectivity index (χ1n) is 6.52. The molecule has 1 aromatic carbocycles. The molecule has 102 valence electrons. The van der Waals surface area contributed by atoms with Gasteiger partial charge in [0.05, 0.1) is 12.6 Å². The molecule has 0 saturated carbocycles. The molecule has 5 nitrogen and oxygen atoms in total. The molecule has 19 heavy (non-hydrogen) atoms. The maximum atomic E-state index is 5.63. The molecular weight excluding hydrogens is 240 g/mol. The average Bonchev–Trinajstić information content (AvgIpc) is 2.86. The molecule has 5 heteroatoms. The Hall–Kier alpha value is -1.88. The number of ether oxygens (including phenoxy) is 1. The number of hydrogen-bond donors (Lipinski definition) is 1. The van der Waals surface area contributed by atoms with E-state index in [9.17, 15) is 0 Å². The lowest BCUT2D eigenvalue weighted by Gasteiger charge is -2.13. The summed E-state index contributed by atoms with van der Waals surface area (Å²) in [5.41, 5.74) is 0. The smallest absolute Gasteiger partial charge is 0.149 e. The zero-order valence-electron chi connectivity index (χ0n) is 11.4. The maximum absolute atomic E-state index is 5.63. The van der Waals surface area contributed by atoms with Crippen LogP contribution >= 0.6 is 0 Å². The van der Waals surface area contributed by atoms with Crippen molar-refractivity contribution < 1.29 is 4.74 Å². The van der Waals surface area contributed by atoms with Crippen LogP contribution in [0.15, 0.2) is 36.7 Å². The van der Waals surface area contributed by atoms with Crippen LogP contribution in [-0.4, -0.2) is 27.9 Å². The quantitative estimate of drug-likeness (QED) is 0.773. The van der Waals surface area contributed by atoms with Gasteiger partial charge < -0.3 is 14.6 Å². The fraction of sp³-hybridized carbons (Fsp3) is 0.429. The summed E-state index contributed by atoms with van der Waals surface area (Å²) in [6.45, 7) is 3.69. The van der Waals surface area contributed by atoms with Crippen LogP contribution in [0.2, 0.25) is 0 Å². The van der Waals surface area contributed by atoms with E-state index in [4.69, 9.17) is 4.74 Å². The Morgan fingerprint density at radius 1 is 1.32 bits per heavy atom. The summed E-state index contributed by atoms with van der Waals surface area (Å²) >= 11 is 0. The number of nitrogens with one attached hydrogen (secondary N) is 1. The van der Waals surface area contributed by atoms with Crippen molar-refractivity contribution in [2.45, 2.75) is 19.4 Å². The summed E-state index contributed by atoms with van der Waals surface area (Å²) in [6.07, 6.45) is 2.67. The van der Waals surface area contributed by atoms with Gasteiger partial charge in [0.2, 0.25) is 0 Å². The van der Waals surface area contributed by atoms with Crippen molar-refractivity contribution >= 4 is 0 Å². The number of aromatic nitrogens is 3. The van der Waals surface area contributed by atoms with Crippen molar-refractivity contribution in [1.29, 1.82) is 0 Å². The zero-order chi connectivity index (χ0) is 13.5. The highest BCUT2D eigenvalue weighted by molar-refractivity contribution is 5.20. The van der Waals surface area contributed by atoms with Gasteiger partial charge in [0.25, 0.3) is 0 Å². The Morgan fingerprint density at radius 2 is 2.11 bits per heavy atom. The third-order valence-electron chi connectivity index (χ3n) is 2.92. The van der Waals surface area contributed by atoms with E-state index in [0.717, 1.165) is 24.5 Å². The summed E-state index contributed by atoms with van der Waals surface area (Å²) in [4.78, 5) is 0. The molecule has 0 saturated heterocycles. The molecule has 1 heterocycles. The summed E-state index contributed by atoms with van der Waals surface area (Å²) in [5, 5.41) is 11.4. The summed E-state index contributed by atoms with van der Waals surface area (Å²) in [7, 11) is 1.95. The molecular formula is C14H20N4O. The minimum atomic E-state index is 0.198. The van der Waals surface area contributed by atoms with Crippen LogP contribution in [0.4, 0.5) is 0 Å². The van der Waals surface area contributed by atoms with Crippen molar-refractivity contribution in [1.82, 2.24) is 20.1 Å². The number of nitrogens with zero attached hydrogens (tertiary/aromatic N) is 3. The molecule has 0 spiro atoms. The van der Waals surface area contributed by atoms with Crippen molar-refractivity contribution in [2.75, 3.05) is 13.2 Å². The van der Waals surface area contributed by atoms with Crippen LogP contribution in [0, 0.1) is 0 Å². The number of aryl methyl sites for hydroxylation is 1. The molecule has 1 unspecified atom stereocenters. The fourth-order valence-corrected chi connectivity index (χ4v) is 1.87. The summed E-state index contributed by atoms with van der Waals surface area (Å²) < 4.78 is 7.56. The van der Waals surface area contributed by atoms with Crippen LogP contribution in [0.25, 0.3) is 0 Å². The van der Waals surface area contributed by atoms with Gasteiger partial charge in [-0.1, -0.05) is 18.2 Å². The van der Waals surface area contributed by atoms with Crippen molar-refractivity contribution in [3.8, 4) is 5.75 Å². The first-order valence-corrected chi connectivity index (χ1v) is 6.52. The van der Waals surface area contributed by atoms with E-state index in [2.05, 4.69) is 22.4 Å². The predicted molar refractivity (Wildman–Crippen MR) is 74.0 cm³/mol. The highest BCUT2D eigenvalue weighted by Crippen LogP contribution is 2.09. The van der Waals surface area contributed by atoms with Gasteiger partial charge in [-0.3, -0.25) is 0 Å². The van der Waals surface area contributed by atoms with Gasteiger partial charge in [-0.2, -0.15) is 0 Å². The van der Waals surface area contributed by atoms with E-state index in [-0.39, 0.29) is 6.04 Å². The number of para-hydroxylation sites is 1. The minimum absolute atomic E-state index is 0.198. The third kappa shape index (κ3) is 4.06. The Bertz CT molecular complexity index is 483. The van der Waals surface area contributed by atoms with Gasteiger partial charge >= 0.3 is 0 Å². The lowest BCUT2D eigenvalue weighted by molar-refractivity contribution is 0.305. The molecule has 0 aliphatic rings. The van der Waals surface area contributed by atoms with E-state index in [1.165, 1.54) is 0 Å². The molecule has 0 aliphatic carbocycles. The second-order valence-electron chi connectivity index (χ2n) is 4.49. The molecule has 1 aromatic heterocycles. The topological polar surface area (TPSA) is 52.0 Å². The van der Waals surface area contributed by atoms with Gasteiger partial charge in [0.15, 0.2) is 0 Å². The monoisotopic (exact) mass is 260 g/mol. The predicted octanol–water partition coefficient (Wildman–Crippen LogP) is 1.93. The highest BCUT2D eigenvalue weighted by atomic mass is 16.5. The van der Waals surface area contributed by atoms with E-state index in [1.807, 2.05) is 41.9 Å². The molecule has 0 aliphatic heterocycles. The molecule has 2 aromatic rings. The Kier molecular flexibility index (Phi) is 4.92. The van der Waals surface area contributed by atoms with Crippen molar-refractivity contribution in [3.63, 3.8) is 0 Å². The second-order valence-corrected chi connectivity index (χ2v) is 4.49. The standard InChI is InChI=1S/C14H20N4O/c1-12(14-17-16-11-18(14)2)15-9-6-10-19-13-7-4-3-5-8-13/h3-5,7-8,11-12,15H,6,9-10H2,1-2H3. The molecule has 0 fully saturated rings. The fourth-order valence-electron chi connectivity index (χ4n) is 1.87. The first kappa shape index (κ1) is 13.5. The zero-order valence-corrected chi connectivity index (χ0v) is 11.4. The lowest BCUT2D eigenvalue weighted by atomic mass is 10.3. The van der Waals surface area contributed by atoms with Crippen LogP contribution in [0.1, 0.15) is 25.2 Å². The minimum Gasteiger partial charge on any atom is -0.494 e. The number of rotatable bonds is 7. The molecule has 0 bridgehead atoms. The van der Waals surface area contributed by atoms with E-state index in [0.29, 0.717) is 6.61 Å². The summed E-state index contributed by atoms with van der Waals surface area (Å²) in [5.74, 6) is 1.87. The van der Waals surface area contributed by atoms with Crippen molar-refractivity contribution in [2.24, 2.45) is 7.05 Å². The number of benzene rings is 1. The molecule has 1 atom stereocenters. The van der Waals surface area contributed by atoms with Crippen LogP contribution in [-0.2, 0) is 7.05 Å². The van der Waals surface area contributed by atoms with Gasteiger partial charge in [-0.05, 0) is 32.0 Å². The second kappa shape index (κ2) is 6.89. The van der Waals surface area contributed by atoms with Gasteiger partial charge in [0.1, 0.15) is 17.9 Å². The third-order valence-corrected chi connectivity index (χ3v) is 2.92. The molecule has 0 radical (unpaired) electrons. The maximum Gasteiger partial charge on any atom is 0.149 e. The van der Waals surface area contributed by atoms with Crippen LogP contribution in [0.5, 0.6) is 5.75 Å². The molecule has 1 N–H and O–H groups in total. The average molecular weight is 260 g/mol. The van der Waals surface area contributed by atoms with Crippen LogP contribution < -0.4 is 10.1 Å². The van der Waals surface area contributed by atoms with E-state index in [1.54, 1.807) is 6.33 Å². The van der Waals surface area contributed by atoms with E-state index >= 15 is 0 Å². The SMILES string of the molecule is CC(NCCCOc1ccccc1)c1nncn1C. The lowest BCUT2D eigenvalue weighted by Crippen LogP contribution is -2.23. The Balaban J connectivity index is 1.63. The van der Waals surface area contributed by atoms with E-state index < -0.39 is 0 Å². The normalized spacial score (nSPS) is 12.3. The van der Waals surface area contributed by atoms with Gasteiger partial charge in [-0.25, -0.2) is 0 Å². The summed E-state index contributed by atoms with van der Waals surface area (Å²) in [6, 6.07) is 10.1. The Labute approximate surface area is 113 Å². The largest absolute Gasteiger partial charge is 0.494 e. The van der Waals surface area contributed by atoms with Gasteiger partial charge in [0, 0.05) is 7.05 Å². The highest BCUT2D eigenvalue weighted by Gasteiger charge is 2.09. The molecule has 0 amide bonds. The van der Waals surface area contributed by atoms with Crippen LogP contribution in [0.3, 0.4) is 0 Å². The molecule has 2 rings (SSSR count). The Morgan fingerprint density at radius 3 is 2.79 bits per heavy atom. The first-order chi connectivity index (χ1) is 9.27.